The van der Waals surface area contributed by atoms with Crippen LogP contribution >= 0.6 is 23.4 Å². The molecule has 0 unspecified atom stereocenters. The van der Waals surface area contributed by atoms with E-state index >= 15 is 0 Å². The number of benzene rings is 2. The van der Waals surface area contributed by atoms with Gasteiger partial charge in [-0.15, -0.1) is 0 Å². The first-order chi connectivity index (χ1) is 12.6. The third-order valence-electron chi connectivity index (χ3n) is 3.64. The van der Waals surface area contributed by atoms with E-state index in [-0.39, 0.29) is 5.56 Å². The Balaban J connectivity index is 1.93. The highest BCUT2D eigenvalue weighted by molar-refractivity contribution is 7.98. The summed E-state index contributed by atoms with van der Waals surface area (Å²) in [5.41, 5.74) is 1.58. The van der Waals surface area contributed by atoms with E-state index in [0.29, 0.717) is 32.9 Å². The summed E-state index contributed by atoms with van der Waals surface area (Å²) in [5.74, 6) is 1.28. The van der Waals surface area contributed by atoms with Gasteiger partial charge in [-0.2, -0.15) is 5.26 Å². The molecule has 0 bridgehead atoms. The number of thioether (sulfide) groups is 1. The van der Waals surface area contributed by atoms with Crippen LogP contribution in [0.2, 0.25) is 5.02 Å². The number of nitriles is 1. The molecule has 0 fully saturated rings. The van der Waals surface area contributed by atoms with Crippen LogP contribution in [0.15, 0.2) is 58.5 Å². The van der Waals surface area contributed by atoms with Crippen molar-refractivity contribution in [3.8, 4) is 23.1 Å². The van der Waals surface area contributed by atoms with Crippen LogP contribution < -0.4 is 10.3 Å². The molecule has 3 aromatic rings. The van der Waals surface area contributed by atoms with Crippen LogP contribution in [0, 0.1) is 11.3 Å². The van der Waals surface area contributed by atoms with E-state index in [0.717, 1.165) is 5.56 Å². The van der Waals surface area contributed by atoms with Crippen LogP contribution in [0.3, 0.4) is 0 Å². The minimum absolute atomic E-state index is 0.0118. The van der Waals surface area contributed by atoms with Gasteiger partial charge in [-0.05, 0) is 42.0 Å². The zero-order chi connectivity index (χ0) is 18.5. The largest absolute Gasteiger partial charge is 0.497 e. The maximum Gasteiger partial charge on any atom is 0.270 e. The quantitative estimate of drug-likeness (QED) is 0.526. The van der Waals surface area contributed by atoms with Crippen molar-refractivity contribution in [2.24, 2.45) is 0 Å². The lowest BCUT2D eigenvalue weighted by molar-refractivity contribution is 0.415. The van der Waals surface area contributed by atoms with Crippen molar-refractivity contribution in [1.29, 1.82) is 5.26 Å². The molecular formula is C19H14ClN3O2S. The lowest BCUT2D eigenvalue weighted by Gasteiger charge is -2.07. The molecule has 0 saturated heterocycles. The zero-order valence-corrected chi connectivity index (χ0v) is 15.4. The van der Waals surface area contributed by atoms with Gasteiger partial charge in [0.25, 0.3) is 5.56 Å². The molecule has 0 atom stereocenters. The summed E-state index contributed by atoms with van der Waals surface area (Å²) in [7, 11) is 1.58. The average molecular weight is 384 g/mol. The van der Waals surface area contributed by atoms with Gasteiger partial charge in [0.05, 0.1) is 12.8 Å². The number of hydrogen-bond donors (Lipinski definition) is 1. The molecule has 26 heavy (non-hydrogen) atoms. The number of ether oxygens (including phenoxy) is 1. The molecule has 0 aliphatic heterocycles. The second-order valence-electron chi connectivity index (χ2n) is 5.35. The molecule has 1 heterocycles. The Bertz CT molecular complexity index is 1030. The monoisotopic (exact) mass is 383 g/mol. The normalized spacial score (nSPS) is 10.3. The summed E-state index contributed by atoms with van der Waals surface area (Å²) in [6.07, 6.45) is 0. The molecule has 0 aliphatic rings. The maximum atomic E-state index is 12.3. The van der Waals surface area contributed by atoms with Gasteiger partial charge in [0.2, 0.25) is 0 Å². The number of H-pyrrole nitrogens is 1. The predicted octanol–water partition coefficient (Wildman–Crippen LogP) is 4.26. The summed E-state index contributed by atoms with van der Waals surface area (Å²) < 4.78 is 5.14. The van der Waals surface area contributed by atoms with Gasteiger partial charge >= 0.3 is 0 Å². The van der Waals surface area contributed by atoms with Crippen LogP contribution in [0.25, 0.3) is 11.3 Å². The van der Waals surface area contributed by atoms with E-state index in [1.54, 1.807) is 37.4 Å². The average Bonchev–Trinajstić information content (AvgIpc) is 2.66. The second kappa shape index (κ2) is 8.09. The number of nitrogens with zero attached hydrogens (tertiary/aromatic N) is 2. The molecule has 0 amide bonds. The van der Waals surface area contributed by atoms with Crippen LogP contribution in [0.5, 0.6) is 5.75 Å². The van der Waals surface area contributed by atoms with E-state index in [2.05, 4.69) is 9.97 Å². The van der Waals surface area contributed by atoms with E-state index in [1.807, 2.05) is 24.3 Å². The fourth-order valence-electron chi connectivity index (χ4n) is 2.36. The Morgan fingerprint density at radius 2 is 2.04 bits per heavy atom. The van der Waals surface area contributed by atoms with Gasteiger partial charge in [0, 0.05) is 16.3 Å². The lowest BCUT2D eigenvalue weighted by atomic mass is 10.1. The first kappa shape index (κ1) is 18.1. The Morgan fingerprint density at radius 3 is 2.69 bits per heavy atom. The molecular weight excluding hydrogens is 370 g/mol. The molecule has 1 aromatic heterocycles. The summed E-state index contributed by atoms with van der Waals surface area (Å²) >= 11 is 7.37. The van der Waals surface area contributed by atoms with E-state index < -0.39 is 5.56 Å². The topological polar surface area (TPSA) is 78.8 Å². The van der Waals surface area contributed by atoms with Crippen molar-refractivity contribution in [2.75, 3.05) is 7.11 Å². The van der Waals surface area contributed by atoms with Crippen molar-refractivity contribution in [3.05, 3.63) is 75.0 Å². The van der Waals surface area contributed by atoms with Gasteiger partial charge in [-0.3, -0.25) is 4.79 Å². The fourth-order valence-corrected chi connectivity index (χ4v) is 3.38. The van der Waals surface area contributed by atoms with E-state index in [4.69, 9.17) is 16.3 Å². The first-order valence-electron chi connectivity index (χ1n) is 7.67. The molecule has 7 heteroatoms. The smallest absolute Gasteiger partial charge is 0.270 e. The van der Waals surface area contributed by atoms with Gasteiger partial charge in [-0.1, -0.05) is 35.5 Å². The van der Waals surface area contributed by atoms with Crippen molar-refractivity contribution < 1.29 is 4.74 Å². The van der Waals surface area contributed by atoms with Crippen molar-refractivity contribution in [1.82, 2.24) is 9.97 Å². The van der Waals surface area contributed by atoms with Crippen molar-refractivity contribution >= 4 is 23.4 Å². The summed E-state index contributed by atoms with van der Waals surface area (Å²) in [6.45, 7) is 0. The third kappa shape index (κ3) is 4.07. The van der Waals surface area contributed by atoms with Gasteiger partial charge in [0.1, 0.15) is 17.4 Å². The van der Waals surface area contributed by atoms with Gasteiger partial charge in [-0.25, -0.2) is 4.98 Å². The number of halogens is 1. The van der Waals surface area contributed by atoms with E-state index in [1.165, 1.54) is 11.8 Å². The molecule has 1 N–H and O–H groups in total. The Hall–Kier alpha value is -2.75. The Kier molecular flexibility index (Phi) is 5.61. The summed E-state index contributed by atoms with van der Waals surface area (Å²) in [4.78, 5) is 19.4. The number of aromatic amines is 1. The number of rotatable bonds is 5. The highest BCUT2D eigenvalue weighted by Crippen LogP contribution is 2.26. The SMILES string of the molecule is COc1ccc(-c2nc(SCc3cccc(Cl)c3)[nH]c(=O)c2C#N)cc1. The Labute approximate surface area is 159 Å². The molecule has 5 nitrogen and oxygen atoms in total. The van der Waals surface area contributed by atoms with Crippen LogP contribution in [-0.2, 0) is 5.75 Å². The first-order valence-corrected chi connectivity index (χ1v) is 9.03. The molecule has 0 saturated carbocycles. The van der Waals surface area contributed by atoms with Crippen molar-refractivity contribution in [2.45, 2.75) is 10.9 Å². The Morgan fingerprint density at radius 1 is 1.27 bits per heavy atom. The molecule has 3 rings (SSSR count). The highest BCUT2D eigenvalue weighted by Gasteiger charge is 2.14. The fraction of sp³-hybridized carbons (Fsp3) is 0.105. The molecule has 0 aliphatic carbocycles. The van der Waals surface area contributed by atoms with Gasteiger partial charge in [0.15, 0.2) is 5.16 Å². The van der Waals surface area contributed by atoms with Crippen LogP contribution in [0.1, 0.15) is 11.1 Å². The maximum absolute atomic E-state index is 12.3. The number of nitrogens with one attached hydrogen (secondary N) is 1. The molecule has 2 aromatic carbocycles. The van der Waals surface area contributed by atoms with Crippen molar-refractivity contribution in [3.63, 3.8) is 0 Å². The second-order valence-corrected chi connectivity index (χ2v) is 6.75. The third-order valence-corrected chi connectivity index (χ3v) is 4.82. The summed E-state index contributed by atoms with van der Waals surface area (Å²) in [6, 6.07) is 16.5. The highest BCUT2D eigenvalue weighted by atomic mass is 35.5. The predicted molar refractivity (Wildman–Crippen MR) is 103 cm³/mol. The number of hydrogen-bond acceptors (Lipinski definition) is 5. The lowest BCUT2D eigenvalue weighted by Crippen LogP contribution is -2.14. The molecule has 130 valence electrons. The van der Waals surface area contributed by atoms with Crippen LogP contribution in [-0.4, -0.2) is 17.1 Å². The summed E-state index contributed by atoms with van der Waals surface area (Å²) in [5, 5.41) is 10.4. The van der Waals surface area contributed by atoms with Gasteiger partial charge < -0.3 is 9.72 Å². The van der Waals surface area contributed by atoms with Crippen LogP contribution in [0.4, 0.5) is 0 Å². The standard InChI is InChI=1S/C19H14ClN3O2S/c1-25-15-7-5-13(6-8-15)17-16(10-21)18(24)23-19(22-17)26-11-12-3-2-4-14(20)9-12/h2-9H,11H2,1H3,(H,22,23,24). The zero-order valence-electron chi connectivity index (χ0n) is 13.8. The number of aromatic nitrogens is 2. The molecule has 0 spiro atoms. The number of methoxy groups -OCH3 is 1. The van der Waals surface area contributed by atoms with E-state index in [9.17, 15) is 10.1 Å². The minimum Gasteiger partial charge on any atom is -0.497 e. The molecule has 0 radical (unpaired) electrons. The minimum atomic E-state index is -0.457.